The van der Waals surface area contributed by atoms with Gasteiger partial charge in [0.15, 0.2) is 0 Å². The van der Waals surface area contributed by atoms with Crippen LogP contribution in [0.3, 0.4) is 0 Å². The summed E-state index contributed by atoms with van der Waals surface area (Å²) in [6.07, 6.45) is 72.5. The lowest BCUT2D eigenvalue weighted by molar-refractivity contribution is -0.151. The van der Waals surface area contributed by atoms with Crippen molar-refractivity contribution in [3.8, 4) is 0 Å². The summed E-state index contributed by atoms with van der Waals surface area (Å²) in [6.45, 7) is 6.37. The first-order chi connectivity index (χ1) is 34.0. The van der Waals surface area contributed by atoms with Gasteiger partial charge in [0, 0.05) is 6.42 Å². The molecule has 3 atom stereocenters. The fourth-order valence-electron chi connectivity index (χ4n) is 8.99. The third-order valence-corrected chi connectivity index (χ3v) is 13.5. The quantitative estimate of drug-likeness (QED) is 0.0321. The Kier molecular flexibility index (Phi) is 54.0. The van der Waals surface area contributed by atoms with Crippen LogP contribution in [0, 0.1) is 0 Å². The van der Waals surface area contributed by atoms with Crippen LogP contribution in [0.1, 0.15) is 290 Å². The Morgan fingerprint density at radius 3 is 1.17 bits per heavy atom. The minimum atomic E-state index is -0.799. The van der Waals surface area contributed by atoms with E-state index in [0.717, 1.165) is 70.6 Å². The normalized spacial score (nSPS) is 13.6. The van der Waals surface area contributed by atoms with E-state index >= 15 is 0 Å². The summed E-state index contributed by atoms with van der Waals surface area (Å²) >= 11 is 0. The van der Waals surface area contributed by atoms with Crippen LogP contribution in [-0.2, 0) is 14.3 Å². The molecule has 6 nitrogen and oxygen atoms in total. The van der Waals surface area contributed by atoms with E-state index < -0.39 is 18.2 Å². The van der Waals surface area contributed by atoms with Crippen LogP contribution in [-0.4, -0.2) is 46.9 Å². The molecule has 0 saturated carbocycles. The Balaban J connectivity index is 4.61. The van der Waals surface area contributed by atoms with Crippen molar-refractivity contribution in [3.63, 3.8) is 0 Å². The Morgan fingerprint density at radius 1 is 0.435 bits per heavy atom. The lowest BCUT2D eigenvalue weighted by atomic mass is 10.0. The maximum atomic E-state index is 13.3. The summed E-state index contributed by atoms with van der Waals surface area (Å²) in [6, 6.07) is -0.714. The molecule has 0 radical (unpaired) electrons. The topological polar surface area (TPSA) is 95.9 Å². The largest absolute Gasteiger partial charge is 0.462 e. The van der Waals surface area contributed by atoms with Gasteiger partial charge in [-0.15, -0.1) is 0 Å². The number of unbranched alkanes of at least 4 members (excludes halogenated alkanes) is 34. The van der Waals surface area contributed by atoms with Gasteiger partial charge >= 0.3 is 5.97 Å². The number of aliphatic hydroxyl groups is 2. The number of carbonyl (C=O) groups is 2. The highest BCUT2D eigenvalue weighted by molar-refractivity contribution is 5.77. The molecule has 0 aromatic carbocycles. The molecule has 0 bridgehead atoms. The van der Waals surface area contributed by atoms with Crippen LogP contribution < -0.4 is 5.32 Å². The van der Waals surface area contributed by atoms with Gasteiger partial charge in [-0.1, -0.05) is 306 Å². The highest BCUT2D eigenvalue weighted by Gasteiger charge is 2.24. The Morgan fingerprint density at radius 2 is 0.783 bits per heavy atom. The first-order valence-electron chi connectivity index (χ1n) is 29.7. The number of nitrogens with one attached hydrogen (secondary N) is 1. The average Bonchev–Trinajstić information content (AvgIpc) is 3.34. The molecular formula is C63H113NO5. The zero-order valence-corrected chi connectivity index (χ0v) is 45.7. The third-order valence-electron chi connectivity index (χ3n) is 13.5. The molecule has 0 rings (SSSR count). The lowest BCUT2D eigenvalue weighted by Crippen LogP contribution is -2.46. The van der Waals surface area contributed by atoms with Crippen molar-refractivity contribution in [2.75, 3.05) is 6.61 Å². The minimum absolute atomic E-state index is 0.0598. The summed E-state index contributed by atoms with van der Waals surface area (Å²) in [5.41, 5.74) is 0. The van der Waals surface area contributed by atoms with Gasteiger partial charge < -0.3 is 20.3 Å². The number of amides is 1. The van der Waals surface area contributed by atoms with Gasteiger partial charge in [0.1, 0.15) is 6.10 Å². The van der Waals surface area contributed by atoms with Crippen LogP contribution in [0.4, 0.5) is 0 Å². The van der Waals surface area contributed by atoms with E-state index in [2.05, 4.69) is 50.4 Å². The summed E-state index contributed by atoms with van der Waals surface area (Å²) in [5, 5.41) is 23.9. The van der Waals surface area contributed by atoms with Crippen molar-refractivity contribution in [2.24, 2.45) is 0 Å². The Bertz CT molecular complexity index is 1270. The zero-order chi connectivity index (χ0) is 50.2. The van der Waals surface area contributed by atoms with Crippen LogP contribution in [0.2, 0.25) is 0 Å². The van der Waals surface area contributed by atoms with E-state index in [0.29, 0.717) is 19.3 Å². The van der Waals surface area contributed by atoms with Crippen molar-refractivity contribution in [2.45, 2.75) is 309 Å². The number of aliphatic hydroxyl groups excluding tert-OH is 2. The van der Waals surface area contributed by atoms with Crippen LogP contribution in [0.5, 0.6) is 0 Å². The predicted molar refractivity (Wildman–Crippen MR) is 301 cm³/mol. The van der Waals surface area contributed by atoms with Gasteiger partial charge in [0.25, 0.3) is 0 Å². The molecule has 3 N–H and O–H groups in total. The fraction of sp³-hybridized carbons (Fsp3) is 0.778. The zero-order valence-electron chi connectivity index (χ0n) is 45.7. The monoisotopic (exact) mass is 964 g/mol. The van der Waals surface area contributed by atoms with E-state index in [-0.39, 0.29) is 24.9 Å². The van der Waals surface area contributed by atoms with E-state index in [1.165, 1.54) is 173 Å². The van der Waals surface area contributed by atoms with Crippen molar-refractivity contribution in [1.82, 2.24) is 5.32 Å². The van der Waals surface area contributed by atoms with Crippen molar-refractivity contribution >= 4 is 11.9 Å². The third kappa shape index (κ3) is 51.5. The van der Waals surface area contributed by atoms with Crippen molar-refractivity contribution < 1.29 is 24.5 Å². The van der Waals surface area contributed by atoms with Crippen LogP contribution >= 0.6 is 0 Å². The summed E-state index contributed by atoms with van der Waals surface area (Å²) in [7, 11) is 0. The molecule has 6 heteroatoms. The van der Waals surface area contributed by atoms with Gasteiger partial charge in [0.2, 0.25) is 5.91 Å². The van der Waals surface area contributed by atoms with E-state index in [4.69, 9.17) is 4.74 Å². The second kappa shape index (κ2) is 56.2. The number of carbonyl (C=O) groups excluding carboxylic acids is 2. The van der Waals surface area contributed by atoms with E-state index in [9.17, 15) is 19.8 Å². The molecule has 0 spiro atoms. The molecule has 3 unspecified atom stereocenters. The molecule has 1 amide bonds. The van der Waals surface area contributed by atoms with Crippen LogP contribution in [0.15, 0.2) is 72.9 Å². The number of allylic oxidation sites excluding steroid dienone is 12. The molecule has 0 heterocycles. The summed E-state index contributed by atoms with van der Waals surface area (Å²) < 4.78 is 5.95. The number of rotatable bonds is 53. The summed E-state index contributed by atoms with van der Waals surface area (Å²) in [4.78, 5) is 26.3. The second-order valence-corrected chi connectivity index (χ2v) is 20.2. The molecule has 0 aliphatic carbocycles. The molecule has 0 saturated heterocycles. The molecule has 0 aliphatic rings. The van der Waals surface area contributed by atoms with E-state index in [1.54, 1.807) is 0 Å². The molecular weight excluding hydrogens is 851 g/mol. The lowest BCUT2D eigenvalue weighted by Gasteiger charge is -2.24. The molecule has 0 fully saturated rings. The fourth-order valence-corrected chi connectivity index (χ4v) is 8.99. The smallest absolute Gasteiger partial charge is 0.306 e. The van der Waals surface area contributed by atoms with Crippen molar-refractivity contribution in [1.29, 1.82) is 0 Å². The number of esters is 1. The highest BCUT2D eigenvalue weighted by Crippen LogP contribution is 2.19. The SMILES string of the molecule is CC\C=C/C=C/C=C/C=C\C=C\C=C\CCCCCC(=O)OC(CCCCCCCCCCCCCCCCCC)CC(=O)NC(CO)C(O)CCCCCCCCCCCCCCCCCCC. The van der Waals surface area contributed by atoms with Crippen LogP contribution in [0.25, 0.3) is 0 Å². The number of hydrogen-bond acceptors (Lipinski definition) is 5. The van der Waals surface area contributed by atoms with Gasteiger partial charge in [-0.25, -0.2) is 0 Å². The van der Waals surface area contributed by atoms with Gasteiger partial charge in [-0.3, -0.25) is 9.59 Å². The second-order valence-electron chi connectivity index (χ2n) is 20.2. The Labute approximate surface area is 428 Å². The standard InChI is InChI=1S/C63H113NO5/c1-4-7-10-13-16-19-22-25-28-31-34-37-40-43-46-49-52-55-61(66)60(58-65)64-62(67)57-59(54-51-48-45-42-39-36-33-30-27-24-21-18-15-12-9-6-3)69-63(68)56-53-50-47-44-41-38-35-32-29-26-23-20-17-14-11-8-5-2/h8,11,14,17,20,23,26,29,32,35,38,41,59-61,65-66H,4-7,9-10,12-13,15-16,18-19,21-22,24-25,27-28,30-31,33-34,36-37,39-40,42-58H2,1-3H3,(H,64,67)/b11-8-,17-14+,23-20+,29-26-,35-32+,41-38+. The highest BCUT2D eigenvalue weighted by atomic mass is 16.5. The molecule has 69 heavy (non-hydrogen) atoms. The maximum Gasteiger partial charge on any atom is 0.306 e. The molecule has 400 valence electrons. The van der Waals surface area contributed by atoms with Gasteiger partial charge in [-0.05, 0) is 44.9 Å². The molecule has 0 aromatic rings. The predicted octanol–water partition coefficient (Wildman–Crippen LogP) is 18.5. The first kappa shape index (κ1) is 66.3. The van der Waals surface area contributed by atoms with Crippen molar-refractivity contribution in [3.05, 3.63) is 72.9 Å². The molecule has 0 aliphatic heterocycles. The number of ether oxygens (including phenoxy) is 1. The maximum absolute atomic E-state index is 13.3. The molecule has 0 aromatic heterocycles. The Hall–Kier alpha value is -2.70. The van der Waals surface area contributed by atoms with E-state index in [1.807, 2.05) is 48.6 Å². The minimum Gasteiger partial charge on any atom is -0.462 e. The number of hydrogen-bond donors (Lipinski definition) is 3. The average molecular weight is 965 g/mol. The first-order valence-corrected chi connectivity index (χ1v) is 29.7. The van der Waals surface area contributed by atoms with Gasteiger partial charge in [0.05, 0.1) is 25.2 Å². The summed E-state index contributed by atoms with van der Waals surface area (Å²) in [5.74, 6) is -0.515. The van der Waals surface area contributed by atoms with Gasteiger partial charge in [-0.2, -0.15) is 0 Å².